The Morgan fingerprint density at radius 3 is 2.06 bits per heavy atom. The number of rotatable bonds is 6. The Labute approximate surface area is 291 Å². The van der Waals surface area contributed by atoms with Gasteiger partial charge in [0, 0.05) is 43.9 Å². The molecule has 0 N–H and O–H groups in total. The molecule has 5 heteroatoms. The Morgan fingerprint density at radius 2 is 1.38 bits per heavy atom. The summed E-state index contributed by atoms with van der Waals surface area (Å²) in [6.07, 6.45) is 4.81. The first-order valence-corrected chi connectivity index (χ1v) is 19.0. The zero-order valence-corrected chi connectivity index (χ0v) is 30.1. The molecule has 1 radical (unpaired) electrons. The number of fused-ring (bicyclic) bond motifs is 1. The molecule has 0 atom stereocenters. The van der Waals surface area contributed by atoms with Crippen molar-refractivity contribution in [3.05, 3.63) is 175 Å². The molecule has 2 nitrogen and oxygen atoms in total. The number of aromatic nitrogens is 2. The van der Waals surface area contributed by atoms with E-state index in [2.05, 4.69) is 134 Å². The van der Waals surface area contributed by atoms with Gasteiger partial charge in [0.05, 0.1) is 8.07 Å². The SMILES string of the molecule is C[Si](C)(C)c1ccc(-c2[c-]cc(F)cc2)nc1.[Ir].[c-]1ccc2ccccc2c1-c1cc(Cc2ccccc2)c(-c2ccccc2)cn1. The molecule has 2 heterocycles. The molecule has 7 aromatic rings. The normalized spacial score (nSPS) is 10.9. The van der Waals surface area contributed by atoms with E-state index in [-0.39, 0.29) is 25.9 Å². The van der Waals surface area contributed by atoms with E-state index in [4.69, 9.17) is 4.98 Å². The predicted molar refractivity (Wildman–Crippen MR) is 192 cm³/mol. The summed E-state index contributed by atoms with van der Waals surface area (Å²) >= 11 is 0. The molecular formula is C42H35FIrN2Si-2. The second-order valence-corrected chi connectivity index (χ2v) is 17.4. The van der Waals surface area contributed by atoms with Crippen molar-refractivity contribution in [3.8, 4) is 33.6 Å². The minimum Gasteiger partial charge on any atom is -0.305 e. The van der Waals surface area contributed by atoms with Gasteiger partial charge >= 0.3 is 0 Å². The first kappa shape index (κ1) is 33.8. The molecule has 0 aliphatic rings. The number of halogens is 1. The van der Waals surface area contributed by atoms with Gasteiger partial charge in [0.25, 0.3) is 0 Å². The smallest absolute Gasteiger partial charge is 0.0795 e. The summed E-state index contributed by atoms with van der Waals surface area (Å²) in [6.45, 7) is 6.86. The summed E-state index contributed by atoms with van der Waals surface area (Å²) in [6, 6.07) is 50.7. The molecule has 7 rings (SSSR count). The van der Waals surface area contributed by atoms with E-state index in [1.807, 2.05) is 30.6 Å². The third-order valence-electron chi connectivity index (χ3n) is 7.97. The maximum Gasteiger partial charge on any atom is 0.0795 e. The summed E-state index contributed by atoms with van der Waals surface area (Å²) in [5.41, 5.74) is 8.63. The zero-order valence-electron chi connectivity index (χ0n) is 26.7. The molecular weight excluding hydrogens is 772 g/mol. The molecule has 0 spiro atoms. The molecule has 5 aromatic carbocycles. The van der Waals surface area contributed by atoms with Crippen LogP contribution >= 0.6 is 0 Å². The Bertz CT molecular complexity index is 2040. The fraction of sp³-hybridized carbons (Fsp3) is 0.0952. The van der Waals surface area contributed by atoms with Gasteiger partial charge in [-0.05, 0) is 39.7 Å². The van der Waals surface area contributed by atoms with E-state index in [0.717, 1.165) is 28.9 Å². The van der Waals surface area contributed by atoms with Crippen molar-refractivity contribution in [1.29, 1.82) is 0 Å². The number of nitrogens with zero attached hydrogens (tertiary/aromatic N) is 2. The molecule has 0 saturated heterocycles. The molecule has 0 aliphatic heterocycles. The van der Waals surface area contributed by atoms with Crippen molar-refractivity contribution in [3.63, 3.8) is 0 Å². The fourth-order valence-electron chi connectivity index (χ4n) is 5.41. The number of pyridine rings is 2. The second-order valence-electron chi connectivity index (χ2n) is 12.3. The Kier molecular flexibility index (Phi) is 11.1. The molecule has 2 aromatic heterocycles. The van der Waals surface area contributed by atoms with E-state index < -0.39 is 8.07 Å². The van der Waals surface area contributed by atoms with E-state index in [1.54, 1.807) is 6.07 Å². The minimum atomic E-state index is -1.30. The second kappa shape index (κ2) is 15.4. The van der Waals surface area contributed by atoms with Crippen LogP contribution in [0.4, 0.5) is 4.39 Å². The Morgan fingerprint density at radius 1 is 0.681 bits per heavy atom. The maximum atomic E-state index is 12.8. The minimum absolute atomic E-state index is 0. The van der Waals surface area contributed by atoms with Crippen molar-refractivity contribution in [1.82, 2.24) is 9.97 Å². The van der Waals surface area contributed by atoms with Crippen LogP contribution in [-0.4, -0.2) is 18.0 Å². The van der Waals surface area contributed by atoms with Gasteiger partial charge in [0.15, 0.2) is 0 Å². The van der Waals surface area contributed by atoms with E-state index in [9.17, 15) is 4.39 Å². The summed E-state index contributed by atoms with van der Waals surface area (Å²) in [7, 11) is -1.30. The van der Waals surface area contributed by atoms with Gasteiger partial charge in [-0.2, -0.15) is 0 Å². The van der Waals surface area contributed by atoms with Crippen LogP contribution in [0.3, 0.4) is 0 Å². The first-order valence-electron chi connectivity index (χ1n) is 15.5. The van der Waals surface area contributed by atoms with Crippen LogP contribution < -0.4 is 5.19 Å². The Balaban J connectivity index is 0.000000207. The average Bonchev–Trinajstić information content (AvgIpc) is 3.09. The van der Waals surface area contributed by atoms with Crippen LogP contribution in [0.2, 0.25) is 19.6 Å². The topological polar surface area (TPSA) is 25.8 Å². The number of benzene rings is 5. The molecule has 235 valence electrons. The standard InChI is InChI=1S/C28H20N.C14H15FNSi.Ir/c1-3-10-21(11-4-1)18-24-19-28(29-20-27(24)23-12-5-2-6-13-23)26-17-9-15-22-14-7-8-16-25(22)26;1-17(2,3)13-8-9-14(16-10-13)11-4-6-12(15)7-5-11;/h1-16,19-20H,18H2;4,6-10H,1-3H3;/q2*-1;. The molecule has 0 amide bonds. The van der Waals surface area contributed by atoms with Crippen LogP contribution in [0, 0.1) is 17.9 Å². The average molecular weight is 807 g/mol. The van der Waals surface area contributed by atoms with Crippen LogP contribution in [0.1, 0.15) is 11.1 Å². The number of hydrogen-bond acceptors (Lipinski definition) is 2. The largest absolute Gasteiger partial charge is 0.305 e. The van der Waals surface area contributed by atoms with Crippen LogP contribution in [0.15, 0.2) is 146 Å². The van der Waals surface area contributed by atoms with Gasteiger partial charge in [-0.3, -0.25) is 4.39 Å². The van der Waals surface area contributed by atoms with Crippen molar-refractivity contribution < 1.29 is 24.5 Å². The summed E-state index contributed by atoms with van der Waals surface area (Å²) < 4.78 is 12.8. The van der Waals surface area contributed by atoms with Gasteiger partial charge in [-0.15, -0.1) is 59.0 Å². The molecule has 0 unspecified atom stereocenters. The van der Waals surface area contributed by atoms with Gasteiger partial charge < -0.3 is 9.97 Å². The van der Waals surface area contributed by atoms with Crippen LogP contribution in [-0.2, 0) is 26.5 Å². The van der Waals surface area contributed by atoms with Crippen LogP contribution in [0.5, 0.6) is 0 Å². The van der Waals surface area contributed by atoms with Gasteiger partial charge in [0.2, 0.25) is 0 Å². The van der Waals surface area contributed by atoms with Gasteiger partial charge in [0.1, 0.15) is 0 Å². The summed E-state index contributed by atoms with van der Waals surface area (Å²) in [5.74, 6) is -0.271. The third-order valence-corrected chi connectivity index (χ3v) is 10.00. The van der Waals surface area contributed by atoms with Gasteiger partial charge in [-0.1, -0.05) is 128 Å². The van der Waals surface area contributed by atoms with Crippen molar-refractivity contribution in [2.45, 2.75) is 26.1 Å². The van der Waals surface area contributed by atoms with Gasteiger partial charge in [-0.25, -0.2) is 0 Å². The Hall–Kier alpha value is -4.54. The van der Waals surface area contributed by atoms with Crippen molar-refractivity contribution >= 4 is 24.0 Å². The number of hydrogen-bond donors (Lipinski definition) is 0. The maximum absolute atomic E-state index is 12.8. The van der Waals surface area contributed by atoms with E-state index in [0.29, 0.717) is 0 Å². The molecule has 0 aliphatic carbocycles. The molecule has 0 saturated carbocycles. The van der Waals surface area contributed by atoms with E-state index >= 15 is 0 Å². The van der Waals surface area contributed by atoms with E-state index in [1.165, 1.54) is 50.3 Å². The van der Waals surface area contributed by atoms with Crippen LogP contribution in [0.25, 0.3) is 44.4 Å². The monoisotopic (exact) mass is 807 g/mol. The van der Waals surface area contributed by atoms with Crippen molar-refractivity contribution in [2.75, 3.05) is 0 Å². The first-order chi connectivity index (χ1) is 22.3. The fourth-order valence-corrected chi connectivity index (χ4v) is 6.45. The predicted octanol–water partition coefficient (Wildman–Crippen LogP) is 10.2. The summed E-state index contributed by atoms with van der Waals surface area (Å²) in [4.78, 5) is 9.27. The molecule has 0 bridgehead atoms. The molecule has 47 heavy (non-hydrogen) atoms. The van der Waals surface area contributed by atoms with Crippen molar-refractivity contribution in [2.24, 2.45) is 0 Å². The third kappa shape index (κ3) is 8.44. The summed E-state index contributed by atoms with van der Waals surface area (Å²) in [5, 5.41) is 3.71. The quantitative estimate of drug-likeness (QED) is 0.124. The molecule has 0 fully saturated rings. The zero-order chi connectivity index (χ0) is 31.9.